The van der Waals surface area contributed by atoms with Crippen molar-refractivity contribution >= 4 is 23.1 Å². The first kappa shape index (κ1) is 9.36. The molecule has 10 heavy (non-hydrogen) atoms. The van der Waals surface area contributed by atoms with Gasteiger partial charge in [0, 0.05) is 7.05 Å². The highest BCUT2D eigenvalue weighted by atomic mass is 32.1. The van der Waals surface area contributed by atoms with Crippen molar-refractivity contribution in [3.63, 3.8) is 0 Å². The molecule has 4 heteroatoms. The summed E-state index contributed by atoms with van der Waals surface area (Å²) in [5.41, 5.74) is 4.59. The van der Waals surface area contributed by atoms with Gasteiger partial charge in [0.05, 0.1) is 10.4 Å². The summed E-state index contributed by atoms with van der Waals surface area (Å²) in [6, 6.07) is 0. The van der Waals surface area contributed by atoms with E-state index in [9.17, 15) is 4.79 Å². The Hall–Kier alpha value is -0.640. The molecule has 3 N–H and O–H groups in total. The summed E-state index contributed by atoms with van der Waals surface area (Å²) in [5.74, 6) is -0.153. The average molecular weight is 160 g/mol. The Kier molecular flexibility index (Phi) is 2.77. The molecule has 0 spiro atoms. The summed E-state index contributed by atoms with van der Waals surface area (Å²) in [6.07, 6.45) is 0. The minimum Gasteiger partial charge on any atom is -0.392 e. The fourth-order valence-corrected chi connectivity index (χ4v) is 0.517. The monoisotopic (exact) mass is 160 g/mol. The molecule has 0 bridgehead atoms. The lowest BCUT2D eigenvalue weighted by molar-refractivity contribution is -0.125. The molecular formula is C6H12N2OS. The van der Waals surface area contributed by atoms with E-state index >= 15 is 0 Å². The molecule has 0 rings (SSSR count). The number of nitrogens with two attached hydrogens (primary N) is 1. The molecule has 0 aliphatic carbocycles. The molecule has 0 fully saturated rings. The molecular weight excluding hydrogens is 148 g/mol. The Balaban J connectivity index is 4.40. The summed E-state index contributed by atoms with van der Waals surface area (Å²) < 4.78 is 0. The van der Waals surface area contributed by atoms with Crippen molar-refractivity contribution in [1.29, 1.82) is 0 Å². The van der Waals surface area contributed by atoms with Crippen LogP contribution in [-0.2, 0) is 4.79 Å². The maximum absolute atomic E-state index is 11.0. The molecule has 0 aliphatic rings. The zero-order valence-corrected chi connectivity index (χ0v) is 7.21. The summed E-state index contributed by atoms with van der Waals surface area (Å²) >= 11 is 4.69. The van der Waals surface area contributed by atoms with Crippen LogP contribution in [0.4, 0.5) is 0 Å². The van der Waals surface area contributed by atoms with Gasteiger partial charge in [-0.2, -0.15) is 0 Å². The van der Waals surface area contributed by atoms with Crippen molar-refractivity contribution in [3.8, 4) is 0 Å². The Bertz CT molecular complexity index is 165. The van der Waals surface area contributed by atoms with Crippen LogP contribution < -0.4 is 11.1 Å². The molecule has 0 heterocycles. The summed E-state index contributed by atoms with van der Waals surface area (Å²) in [5, 5.41) is 2.48. The van der Waals surface area contributed by atoms with Crippen molar-refractivity contribution in [2.75, 3.05) is 7.05 Å². The topological polar surface area (TPSA) is 55.1 Å². The Morgan fingerprint density at radius 1 is 1.60 bits per heavy atom. The van der Waals surface area contributed by atoms with Gasteiger partial charge in [-0.3, -0.25) is 4.79 Å². The average Bonchev–Trinajstić information content (AvgIpc) is 1.86. The van der Waals surface area contributed by atoms with Crippen LogP contribution in [0.3, 0.4) is 0 Å². The van der Waals surface area contributed by atoms with Gasteiger partial charge in [0.25, 0.3) is 0 Å². The molecule has 0 unspecified atom stereocenters. The van der Waals surface area contributed by atoms with Crippen LogP contribution in [0.25, 0.3) is 0 Å². The number of thiocarbonyl (C=S) groups is 1. The molecule has 58 valence electrons. The third kappa shape index (κ3) is 1.67. The van der Waals surface area contributed by atoms with Crippen LogP contribution in [0.1, 0.15) is 13.8 Å². The minimum atomic E-state index is -0.732. The molecule has 0 saturated carbocycles. The van der Waals surface area contributed by atoms with Gasteiger partial charge < -0.3 is 11.1 Å². The third-order valence-corrected chi connectivity index (χ3v) is 1.92. The number of nitrogens with one attached hydrogen (secondary N) is 1. The number of amides is 1. The van der Waals surface area contributed by atoms with E-state index in [1.54, 1.807) is 20.9 Å². The lowest BCUT2D eigenvalue weighted by Crippen LogP contribution is -2.43. The number of carbonyl (C=O) groups excluding carboxylic acids is 1. The first-order valence-corrected chi connectivity index (χ1v) is 3.36. The van der Waals surface area contributed by atoms with Crippen LogP contribution >= 0.6 is 12.2 Å². The van der Waals surface area contributed by atoms with E-state index < -0.39 is 5.41 Å². The molecule has 0 aliphatic heterocycles. The van der Waals surface area contributed by atoms with Gasteiger partial charge >= 0.3 is 0 Å². The second-order valence-electron chi connectivity index (χ2n) is 2.57. The highest BCUT2D eigenvalue weighted by Crippen LogP contribution is 2.14. The number of hydrogen-bond acceptors (Lipinski definition) is 2. The number of hydrogen-bond donors (Lipinski definition) is 2. The first-order chi connectivity index (χ1) is 4.42. The van der Waals surface area contributed by atoms with E-state index in [1.807, 2.05) is 0 Å². The van der Waals surface area contributed by atoms with Crippen molar-refractivity contribution in [2.24, 2.45) is 11.1 Å². The SMILES string of the molecule is CNC(=O)C(C)(C)C(N)=S. The number of carbonyl (C=O) groups is 1. The number of rotatable bonds is 2. The highest BCUT2D eigenvalue weighted by molar-refractivity contribution is 7.80. The van der Waals surface area contributed by atoms with Gasteiger partial charge in [0.15, 0.2) is 0 Å². The van der Waals surface area contributed by atoms with Gasteiger partial charge in [0.1, 0.15) is 0 Å². The van der Waals surface area contributed by atoms with Gasteiger partial charge in [-0.15, -0.1) is 0 Å². The predicted molar refractivity (Wildman–Crippen MR) is 44.6 cm³/mol. The van der Waals surface area contributed by atoms with Crippen LogP contribution in [0.5, 0.6) is 0 Å². The summed E-state index contributed by atoms with van der Waals surface area (Å²) in [6.45, 7) is 3.38. The van der Waals surface area contributed by atoms with E-state index in [1.165, 1.54) is 0 Å². The third-order valence-electron chi connectivity index (χ3n) is 1.41. The fraction of sp³-hybridized carbons (Fsp3) is 0.667. The molecule has 0 radical (unpaired) electrons. The van der Waals surface area contributed by atoms with Crippen molar-refractivity contribution in [3.05, 3.63) is 0 Å². The van der Waals surface area contributed by atoms with Crippen molar-refractivity contribution < 1.29 is 4.79 Å². The zero-order chi connectivity index (χ0) is 8.36. The maximum Gasteiger partial charge on any atom is 0.232 e. The van der Waals surface area contributed by atoms with E-state index in [0.717, 1.165) is 0 Å². The van der Waals surface area contributed by atoms with Gasteiger partial charge in [-0.25, -0.2) is 0 Å². The quantitative estimate of drug-likeness (QED) is 0.561. The second-order valence-corrected chi connectivity index (χ2v) is 3.01. The Labute approximate surface area is 66.0 Å². The summed E-state index contributed by atoms with van der Waals surface area (Å²) in [7, 11) is 1.56. The molecule has 0 aromatic rings. The van der Waals surface area contributed by atoms with Gasteiger partial charge in [-0.05, 0) is 13.8 Å². The molecule has 0 saturated heterocycles. The van der Waals surface area contributed by atoms with E-state index in [-0.39, 0.29) is 10.9 Å². The molecule has 0 aromatic carbocycles. The Morgan fingerprint density at radius 3 is 2.10 bits per heavy atom. The predicted octanol–water partition coefficient (Wildman–Crippen LogP) is 0.0447. The minimum absolute atomic E-state index is 0.153. The molecule has 1 amide bonds. The van der Waals surface area contributed by atoms with Gasteiger partial charge in [-0.1, -0.05) is 12.2 Å². The van der Waals surface area contributed by atoms with E-state index in [2.05, 4.69) is 5.32 Å². The largest absolute Gasteiger partial charge is 0.392 e. The highest BCUT2D eigenvalue weighted by Gasteiger charge is 2.29. The Morgan fingerprint density at radius 2 is 2.00 bits per heavy atom. The van der Waals surface area contributed by atoms with Gasteiger partial charge in [0.2, 0.25) is 5.91 Å². The lowest BCUT2D eigenvalue weighted by atomic mass is 9.93. The smallest absolute Gasteiger partial charge is 0.232 e. The molecule has 3 nitrogen and oxygen atoms in total. The summed E-state index contributed by atoms with van der Waals surface area (Å²) in [4.78, 5) is 11.2. The van der Waals surface area contributed by atoms with E-state index in [4.69, 9.17) is 18.0 Å². The maximum atomic E-state index is 11.0. The molecule has 0 atom stereocenters. The molecule has 0 aromatic heterocycles. The van der Waals surface area contributed by atoms with Crippen molar-refractivity contribution in [2.45, 2.75) is 13.8 Å². The van der Waals surface area contributed by atoms with E-state index in [0.29, 0.717) is 0 Å². The zero-order valence-electron chi connectivity index (χ0n) is 6.39. The normalized spacial score (nSPS) is 10.7. The van der Waals surface area contributed by atoms with Crippen molar-refractivity contribution in [1.82, 2.24) is 5.32 Å². The fourth-order valence-electron chi connectivity index (χ4n) is 0.424. The first-order valence-electron chi connectivity index (χ1n) is 2.95. The van der Waals surface area contributed by atoms with Crippen LogP contribution in [0.2, 0.25) is 0 Å². The lowest BCUT2D eigenvalue weighted by Gasteiger charge is -2.20. The van der Waals surface area contributed by atoms with Crippen LogP contribution in [0.15, 0.2) is 0 Å². The van der Waals surface area contributed by atoms with Crippen LogP contribution in [-0.4, -0.2) is 17.9 Å². The van der Waals surface area contributed by atoms with Crippen LogP contribution in [0, 0.1) is 5.41 Å². The second kappa shape index (κ2) is 2.96. The standard InChI is InChI=1S/C6H12N2OS/c1-6(2,4(7)10)5(9)8-3/h1-3H3,(H2,7,10)(H,8,9).